The Morgan fingerprint density at radius 1 is 1.13 bits per heavy atom. The second-order valence-corrected chi connectivity index (χ2v) is 5.28. The lowest BCUT2D eigenvalue weighted by molar-refractivity contribution is -0.690. The molecule has 0 aliphatic heterocycles. The summed E-state index contributed by atoms with van der Waals surface area (Å²) in [4.78, 5) is 12.3. The highest BCUT2D eigenvalue weighted by Gasteiger charge is 2.14. The normalized spacial score (nSPS) is 10.3. The van der Waals surface area contributed by atoms with Gasteiger partial charge in [-0.05, 0) is 24.6 Å². The Labute approximate surface area is 136 Å². The number of methoxy groups -OCH3 is 2. The molecule has 0 spiro atoms. The van der Waals surface area contributed by atoms with Crippen molar-refractivity contribution in [1.82, 2.24) is 0 Å². The number of hydrogen-bond acceptors (Lipinski definition) is 3. The van der Waals surface area contributed by atoms with E-state index in [0.717, 1.165) is 12.1 Å². The van der Waals surface area contributed by atoms with E-state index in [9.17, 15) is 4.79 Å². The first-order chi connectivity index (χ1) is 11.1. The van der Waals surface area contributed by atoms with E-state index in [1.54, 1.807) is 32.4 Å². The first kappa shape index (κ1) is 16.8. The van der Waals surface area contributed by atoms with Gasteiger partial charge in [0.25, 0.3) is 5.91 Å². The second kappa shape index (κ2) is 7.63. The van der Waals surface area contributed by atoms with Gasteiger partial charge in [0, 0.05) is 30.3 Å². The molecule has 0 aliphatic carbocycles. The Morgan fingerprint density at radius 3 is 2.52 bits per heavy atom. The first-order valence-corrected chi connectivity index (χ1v) is 7.58. The molecule has 1 aromatic heterocycles. The third-order valence-electron chi connectivity index (χ3n) is 3.70. The highest BCUT2D eigenvalue weighted by Crippen LogP contribution is 2.29. The Bertz CT molecular complexity index is 699. The van der Waals surface area contributed by atoms with Crippen LogP contribution in [-0.4, -0.2) is 20.1 Å². The first-order valence-electron chi connectivity index (χ1n) is 7.58. The number of nitrogens with zero attached hydrogens (tertiary/aromatic N) is 1. The Hall–Kier alpha value is -2.56. The topological polar surface area (TPSA) is 51.4 Å². The van der Waals surface area contributed by atoms with Gasteiger partial charge >= 0.3 is 0 Å². The maximum atomic E-state index is 12.3. The predicted molar refractivity (Wildman–Crippen MR) is 88.9 cm³/mol. The summed E-state index contributed by atoms with van der Waals surface area (Å²) in [6, 6.07) is 9.42. The van der Waals surface area contributed by atoms with E-state index in [-0.39, 0.29) is 12.5 Å². The summed E-state index contributed by atoms with van der Waals surface area (Å²) in [5, 5.41) is 2.89. The molecule has 2 rings (SSSR count). The van der Waals surface area contributed by atoms with Crippen molar-refractivity contribution in [3.05, 3.63) is 47.8 Å². The van der Waals surface area contributed by atoms with Crippen molar-refractivity contribution in [2.45, 2.75) is 26.8 Å². The van der Waals surface area contributed by atoms with Crippen LogP contribution in [0, 0.1) is 6.92 Å². The zero-order valence-corrected chi connectivity index (χ0v) is 14.1. The molecule has 0 saturated heterocycles. The van der Waals surface area contributed by atoms with Gasteiger partial charge in [-0.1, -0.05) is 6.92 Å². The molecule has 122 valence electrons. The van der Waals surface area contributed by atoms with Crippen LogP contribution in [0.15, 0.2) is 36.5 Å². The Balaban J connectivity index is 2.11. The van der Waals surface area contributed by atoms with Crippen LogP contribution >= 0.6 is 0 Å². The molecule has 0 saturated carbocycles. The molecule has 1 N–H and O–H groups in total. The lowest BCUT2D eigenvalue weighted by Crippen LogP contribution is -2.43. The number of benzene rings is 1. The zero-order chi connectivity index (χ0) is 16.8. The van der Waals surface area contributed by atoms with E-state index in [0.29, 0.717) is 17.2 Å². The van der Waals surface area contributed by atoms with Crippen LogP contribution in [0.1, 0.15) is 18.2 Å². The van der Waals surface area contributed by atoms with Crippen molar-refractivity contribution in [1.29, 1.82) is 0 Å². The van der Waals surface area contributed by atoms with Crippen molar-refractivity contribution in [2.75, 3.05) is 19.5 Å². The fourth-order valence-corrected chi connectivity index (χ4v) is 2.32. The number of aryl methyl sites for hydroxylation is 2. The van der Waals surface area contributed by atoms with Gasteiger partial charge in [-0.15, -0.1) is 0 Å². The minimum absolute atomic E-state index is 0.0847. The van der Waals surface area contributed by atoms with Crippen molar-refractivity contribution in [2.24, 2.45) is 0 Å². The fourth-order valence-electron chi connectivity index (χ4n) is 2.32. The number of ether oxygens (including phenoxy) is 2. The zero-order valence-electron chi connectivity index (χ0n) is 14.1. The van der Waals surface area contributed by atoms with E-state index in [1.165, 1.54) is 5.56 Å². The predicted octanol–water partition coefficient (Wildman–Crippen LogP) is 2.50. The van der Waals surface area contributed by atoms with E-state index >= 15 is 0 Å². The average Bonchev–Trinajstić information content (AvgIpc) is 2.56. The molecule has 2 aromatic rings. The lowest BCUT2D eigenvalue weighted by atomic mass is 10.2. The standard InChI is InChI=1S/C18H22N2O3/c1-5-14-7-6-13(2)20(11-14)12-18(21)19-15-8-9-16(22-3)17(10-15)23-4/h6-11H,5,12H2,1-4H3/p+1. The summed E-state index contributed by atoms with van der Waals surface area (Å²) in [6.07, 6.45) is 2.96. The Morgan fingerprint density at radius 2 is 1.87 bits per heavy atom. The van der Waals surface area contributed by atoms with Gasteiger partial charge in [0.15, 0.2) is 23.4 Å². The number of carbonyl (C=O) groups excluding carboxylic acids is 1. The quantitative estimate of drug-likeness (QED) is 0.833. The largest absolute Gasteiger partial charge is 0.493 e. The van der Waals surface area contributed by atoms with Crippen molar-refractivity contribution >= 4 is 11.6 Å². The molecule has 1 heterocycles. The van der Waals surface area contributed by atoms with Gasteiger partial charge in [-0.2, -0.15) is 4.57 Å². The second-order valence-electron chi connectivity index (χ2n) is 5.28. The summed E-state index contributed by atoms with van der Waals surface area (Å²) in [7, 11) is 3.15. The number of carbonyl (C=O) groups is 1. The molecule has 1 aromatic carbocycles. The van der Waals surface area contributed by atoms with E-state index < -0.39 is 0 Å². The van der Waals surface area contributed by atoms with Gasteiger partial charge in [0.2, 0.25) is 6.54 Å². The van der Waals surface area contributed by atoms with Crippen molar-refractivity contribution in [3.63, 3.8) is 0 Å². The molecular formula is C18H23N2O3+. The van der Waals surface area contributed by atoms with Crippen LogP contribution < -0.4 is 19.4 Å². The number of aromatic nitrogens is 1. The Kier molecular flexibility index (Phi) is 5.57. The highest BCUT2D eigenvalue weighted by atomic mass is 16.5. The maximum absolute atomic E-state index is 12.3. The SMILES string of the molecule is CCc1ccc(C)[n+](CC(=O)Nc2ccc(OC)c(OC)c2)c1. The molecule has 0 aliphatic rings. The number of anilines is 1. The number of amides is 1. The molecule has 23 heavy (non-hydrogen) atoms. The number of rotatable bonds is 6. The van der Waals surface area contributed by atoms with Crippen LogP contribution in [-0.2, 0) is 17.8 Å². The molecule has 0 radical (unpaired) electrons. The van der Waals surface area contributed by atoms with E-state index in [1.807, 2.05) is 23.8 Å². The van der Waals surface area contributed by atoms with Gasteiger partial charge in [0.05, 0.1) is 14.2 Å². The molecule has 0 unspecified atom stereocenters. The van der Waals surface area contributed by atoms with Gasteiger partial charge < -0.3 is 14.8 Å². The number of hydrogen-bond donors (Lipinski definition) is 1. The number of nitrogens with one attached hydrogen (secondary N) is 1. The molecule has 0 fully saturated rings. The fraction of sp³-hybridized carbons (Fsp3) is 0.333. The highest BCUT2D eigenvalue weighted by molar-refractivity contribution is 5.90. The summed E-state index contributed by atoms with van der Waals surface area (Å²) >= 11 is 0. The van der Waals surface area contributed by atoms with Gasteiger partial charge in [-0.25, -0.2) is 0 Å². The molecule has 0 bridgehead atoms. The third-order valence-corrected chi connectivity index (χ3v) is 3.70. The van der Waals surface area contributed by atoms with Crippen LogP contribution in [0.4, 0.5) is 5.69 Å². The van der Waals surface area contributed by atoms with Crippen molar-refractivity contribution in [3.8, 4) is 11.5 Å². The number of pyridine rings is 1. The van der Waals surface area contributed by atoms with Crippen LogP contribution in [0.2, 0.25) is 0 Å². The van der Waals surface area contributed by atoms with Crippen LogP contribution in [0.25, 0.3) is 0 Å². The molecule has 0 atom stereocenters. The van der Waals surface area contributed by atoms with Crippen LogP contribution in [0.5, 0.6) is 11.5 Å². The minimum atomic E-state index is -0.0847. The lowest BCUT2D eigenvalue weighted by Gasteiger charge is -2.10. The summed E-state index contributed by atoms with van der Waals surface area (Å²) in [5.41, 5.74) is 2.93. The summed E-state index contributed by atoms with van der Waals surface area (Å²) in [6.45, 7) is 4.36. The maximum Gasteiger partial charge on any atom is 0.290 e. The molecular weight excluding hydrogens is 292 g/mol. The van der Waals surface area contributed by atoms with Gasteiger partial charge in [-0.3, -0.25) is 4.79 Å². The smallest absolute Gasteiger partial charge is 0.290 e. The molecule has 1 amide bonds. The summed E-state index contributed by atoms with van der Waals surface area (Å²) in [5.74, 6) is 1.13. The average molecular weight is 315 g/mol. The van der Waals surface area contributed by atoms with E-state index in [2.05, 4.69) is 18.3 Å². The van der Waals surface area contributed by atoms with E-state index in [4.69, 9.17) is 9.47 Å². The molecule has 5 heteroatoms. The minimum Gasteiger partial charge on any atom is -0.493 e. The monoisotopic (exact) mass is 315 g/mol. The van der Waals surface area contributed by atoms with Crippen LogP contribution in [0.3, 0.4) is 0 Å². The third kappa shape index (κ3) is 4.22. The molecule has 5 nitrogen and oxygen atoms in total. The van der Waals surface area contributed by atoms with Crippen molar-refractivity contribution < 1.29 is 18.8 Å². The summed E-state index contributed by atoms with van der Waals surface area (Å²) < 4.78 is 12.4. The van der Waals surface area contributed by atoms with Gasteiger partial charge in [0.1, 0.15) is 0 Å².